The predicted molar refractivity (Wildman–Crippen MR) is 119 cm³/mol. The van der Waals surface area contributed by atoms with E-state index in [9.17, 15) is 19.1 Å². The van der Waals surface area contributed by atoms with E-state index in [1.54, 1.807) is 0 Å². The number of rotatable bonds is 6. The monoisotopic (exact) mass is 484 g/mol. The van der Waals surface area contributed by atoms with Crippen LogP contribution in [0.2, 0.25) is 0 Å². The van der Waals surface area contributed by atoms with Gasteiger partial charge in [-0.2, -0.15) is 5.26 Å². The molecule has 184 valence electrons. The lowest BCUT2D eigenvalue weighted by Crippen LogP contribution is -2.71. The Bertz CT molecular complexity index is 777. The minimum absolute atomic E-state index is 0.0552. The molecule has 2 bridgehead atoms. The molecule has 4 N–H and O–H groups in total. The number of nitrogens with one attached hydrogen (secondary N) is 3. The summed E-state index contributed by atoms with van der Waals surface area (Å²) >= 11 is 5.90. The van der Waals surface area contributed by atoms with Crippen LogP contribution in [0, 0.1) is 17.2 Å². The minimum Gasteiger partial charge on any atom is -0.391 e. The fourth-order valence-electron chi connectivity index (χ4n) is 5.90. The standard InChI is InChI=1S/C23H34ClFN4O4/c24-16-3-2-15(9-17(16)25)33-13-20(31)28-23-7-5-22(6-8-23,10-19(23)30)29-21(32)18-4-1-14(11-26)12-27-18/h14-19,27,30H,1-10,12-13H2,(H,28,31)(H,29,32). The summed E-state index contributed by atoms with van der Waals surface area (Å²) in [6.45, 7) is 0.346. The van der Waals surface area contributed by atoms with Gasteiger partial charge in [-0.1, -0.05) is 0 Å². The number of nitriles is 1. The Hall–Kier alpha value is -1.47. The first-order valence-electron chi connectivity index (χ1n) is 12.1. The Morgan fingerprint density at radius 1 is 1.18 bits per heavy atom. The fourth-order valence-corrected chi connectivity index (χ4v) is 6.13. The molecule has 6 atom stereocenters. The van der Waals surface area contributed by atoms with E-state index in [4.69, 9.17) is 21.6 Å². The van der Waals surface area contributed by atoms with Crippen molar-refractivity contribution in [1.82, 2.24) is 16.0 Å². The molecule has 33 heavy (non-hydrogen) atoms. The largest absolute Gasteiger partial charge is 0.391 e. The van der Waals surface area contributed by atoms with Gasteiger partial charge >= 0.3 is 0 Å². The highest BCUT2D eigenvalue weighted by molar-refractivity contribution is 6.21. The second-order valence-electron chi connectivity index (χ2n) is 10.3. The summed E-state index contributed by atoms with van der Waals surface area (Å²) in [5.41, 5.74) is -1.18. The molecule has 2 amide bonds. The molecule has 5 fully saturated rings. The number of nitrogens with zero attached hydrogens (tertiary/aromatic N) is 1. The summed E-state index contributed by atoms with van der Waals surface area (Å²) in [7, 11) is 0. The number of aliphatic hydroxyl groups excluding tert-OH is 1. The van der Waals surface area contributed by atoms with Crippen LogP contribution in [0.1, 0.15) is 64.2 Å². The number of carbonyl (C=O) groups excluding carboxylic acids is 2. The van der Waals surface area contributed by atoms with Gasteiger partial charge in [0.1, 0.15) is 12.8 Å². The molecule has 1 saturated heterocycles. The van der Waals surface area contributed by atoms with Crippen molar-refractivity contribution in [1.29, 1.82) is 5.26 Å². The molecule has 0 spiro atoms. The number of halogens is 2. The number of hydrogen-bond donors (Lipinski definition) is 4. The van der Waals surface area contributed by atoms with Crippen molar-refractivity contribution in [3.63, 3.8) is 0 Å². The van der Waals surface area contributed by atoms with E-state index in [2.05, 4.69) is 22.0 Å². The molecule has 0 aromatic heterocycles. The highest BCUT2D eigenvalue weighted by Crippen LogP contribution is 2.47. The number of aliphatic hydroxyl groups is 1. The zero-order chi connectivity index (χ0) is 23.6. The van der Waals surface area contributed by atoms with Crippen molar-refractivity contribution >= 4 is 23.4 Å². The molecule has 5 rings (SSSR count). The molecular weight excluding hydrogens is 451 g/mol. The first-order chi connectivity index (χ1) is 15.7. The van der Waals surface area contributed by atoms with Gasteiger partial charge in [0, 0.05) is 18.5 Å². The average Bonchev–Trinajstić information content (AvgIpc) is 2.81. The summed E-state index contributed by atoms with van der Waals surface area (Å²) in [5, 5.41) is 28.8. The van der Waals surface area contributed by atoms with E-state index in [1.165, 1.54) is 0 Å². The lowest BCUT2D eigenvalue weighted by Gasteiger charge is -2.56. The van der Waals surface area contributed by atoms with Crippen LogP contribution in [0.15, 0.2) is 0 Å². The van der Waals surface area contributed by atoms with Crippen molar-refractivity contribution in [3.8, 4) is 6.07 Å². The maximum absolute atomic E-state index is 13.8. The number of fused-ring (bicyclic) bond motifs is 3. The summed E-state index contributed by atoms with van der Waals surface area (Å²) in [6.07, 6.45) is 3.34. The third-order valence-electron chi connectivity index (χ3n) is 8.11. The van der Waals surface area contributed by atoms with Crippen LogP contribution in [0.4, 0.5) is 4.39 Å². The second-order valence-corrected chi connectivity index (χ2v) is 10.9. The van der Waals surface area contributed by atoms with Crippen molar-refractivity contribution in [2.45, 2.75) is 105 Å². The fraction of sp³-hybridized carbons (Fsp3) is 0.870. The van der Waals surface area contributed by atoms with Gasteiger partial charge in [-0.25, -0.2) is 4.39 Å². The normalized spacial score (nSPS) is 42.8. The molecule has 4 aliphatic carbocycles. The Labute approximate surface area is 198 Å². The zero-order valence-corrected chi connectivity index (χ0v) is 19.6. The molecule has 5 aliphatic rings. The van der Waals surface area contributed by atoms with E-state index in [0.717, 1.165) is 0 Å². The molecule has 1 aliphatic heterocycles. The van der Waals surface area contributed by atoms with Gasteiger partial charge in [0.25, 0.3) is 0 Å². The van der Waals surface area contributed by atoms with Crippen LogP contribution in [0.5, 0.6) is 0 Å². The van der Waals surface area contributed by atoms with Gasteiger partial charge < -0.3 is 25.8 Å². The van der Waals surface area contributed by atoms with Gasteiger partial charge in [-0.3, -0.25) is 9.59 Å². The van der Waals surface area contributed by atoms with Crippen LogP contribution in [0.3, 0.4) is 0 Å². The molecule has 10 heteroatoms. The van der Waals surface area contributed by atoms with Gasteiger partial charge in [-0.15, -0.1) is 11.6 Å². The van der Waals surface area contributed by atoms with Gasteiger partial charge in [-0.05, 0) is 57.8 Å². The highest BCUT2D eigenvalue weighted by atomic mass is 35.5. The van der Waals surface area contributed by atoms with Crippen LogP contribution in [-0.4, -0.2) is 70.9 Å². The van der Waals surface area contributed by atoms with E-state index < -0.39 is 28.7 Å². The Balaban J connectivity index is 1.25. The molecule has 1 heterocycles. The molecule has 0 aromatic rings. The molecule has 0 radical (unpaired) electrons. The molecular formula is C23H34ClFN4O4. The SMILES string of the molecule is N#CC1CCC(C(=O)NC23CCC(NC(=O)COC4CCC(Cl)C(F)C4)(CC2)C(O)C3)NC1. The topological polar surface area (TPSA) is 123 Å². The summed E-state index contributed by atoms with van der Waals surface area (Å²) < 4.78 is 19.4. The quantitative estimate of drug-likeness (QED) is 0.423. The first-order valence-corrected chi connectivity index (χ1v) is 12.5. The first kappa shape index (κ1) is 24.6. The summed E-state index contributed by atoms with van der Waals surface area (Å²) in [4.78, 5) is 25.4. The minimum atomic E-state index is -1.12. The number of alkyl halides is 2. The van der Waals surface area contributed by atoms with Crippen LogP contribution < -0.4 is 16.0 Å². The molecule has 8 nitrogen and oxygen atoms in total. The number of carbonyl (C=O) groups is 2. The third-order valence-corrected chi connectivity index (χ3v) is 8.60. The zero-order valence-electron chi connectivity index (χ0n) is 18.8. The van der Waals surface area contributed by atoms with Gasteiger partial charge in [0.2, 0.25) is 11.8 Å². The maximum Gasteiger partial charge on any atom is 0.246 e. The van der Waals surface area contributed by atoms with Crippen molar-refractivity contribution in [2.75, 3.05) is 13.2 Å². The number of ether oxygens (including phenoxy) is 1. The van der Waals surface area contributed by atoms with E-state index in [-0.39, 0.29) is 42.9 Å². The Morgan fingerprint density at radius 2 is 1.94 bits per heavy atom. The smallest absolute Gasteiger partial charge is 0.246 e. The lowest BCUT2D eigenvalue weighted by molar-refractivity contribution is -0.140. The van der Waals surface area contributed by atoms with Crippen LogP contribution in [0.25, 0.3) is 0 Å². The Kier molecular flexibility index (Phi) is 7.49. The number of hydrogen-bond acceptors (Lipinski definition) is 6. The van der Waals surface area contributed by atoms with Crippen molar-refractivity contribution < 1.29 is 23.8 Å². The average molecular weight is 485 g/mol. The number of piperidine rings is 1. The van der Waals surface area contributed by atoms with E-state index in [0.29, 0.717) is 64.3 Å². The van der Waals surface area contributed by atoms with E-state index >= 15 is 0 Å². The van der Waals surface area contributed by atoms with Crippen molar-refractivity contribution in [3.05, 3.63) is 0 Å². The summed E-state index contributed by atoms with van der Waals surface area (Å²) in [5.74, 6) is -0.446. The number of amides is 2. The second kappa shape index (κ2) is 10.0. The van der Waals surface area contributed by atoms with Crippen LogP contribution in [-0.2, 0) is 14.3 Å². The Morgan fingerprint density at radius 3 is 2.55 bits per heavy atom. The van der Waals surface area contributed by atoms with Gasteiger partial charge in [0.15, 0.2) is 0 Å². The lowest BCUT2D eigenvalue weighted by atomic mass is 9.59. The van der Waals surface area contributed by atoms with Crippen LogP contribution >= 0.6 is 11.6 Å². The molecule has 6 unspecified atom stereocenters. The van der Waals surface area contributed by atoms with E-state index in [1.807, 2.05) is 0 Å². The predicted octanol–water partition coefficient (Wildman–Crippen LogP) is 1.44. The maximum atomic E-state index is 13.8. The summed E-state index contributed by atoms with van der Waals surface area (Å²) in [6, 6.07) is 1.92. The van der Waals surface area contributed by atoms with Gasteiger partial charge in [0.05, 0.1) is 41.2 Å². The molecule has 4 saturated carbocycles. The highest BCUT2D eigenvalue weighted by Gasteiger charge is 2.55. The third kappa shape index (κ3) is 5.45. The van der Waals surface area contributed by atoms with Crippen molar-refractivity contribution in [2.24, 2.45) is 5.92 Å². The molecule has 0 aromatic carbocycles.